The minimum atomic E-state index is -0.256. The lowest BCUT2D eigenvalue weighted by atomic mass is 10.0. The van der Waals surface area contributed by atoms with Crippen LogP contribution in [0.3, 0.4) is 0 Å². The van der Waals surface area contributed by atoms with Crippen LogP contribution in [0.25, 0.3) is 0 Å². The smallest absolute Gasteiger partial charge is 0.274 e. The number of aromatic nitrogens is 2. The summed E-state index contributed by atoms with van der Waals surface area (Å²) in [7, 11) is 1.73. The number of carbonyl (C=O) groups excluding carboxylic acids is 1. The average molecular weight is 258 g/mol. The van der Waals surface area contributed by atoms with E-state index in [1.165, 1.54) is 4.68 Å². The first-order valence-corrected chi connectivity index (χ1v) is 6.14. The van der Waals surface area contributed by atoms with Crippen LogP contribution in [0.15, 0.2) is 30.5 Å². The molecule has 1 unspecified atom stereocenters. The Morgan fingerprint density at radius 3 is 2.68 bits per heavy atom. The van der Waals surface area contributed by atoms with Crippen molar-refractivity contribution in [1.82, 2.24) is 15.1 Å². The topological polar surface area (TPSA) is 72.9 Å². The molecule has 1 atom stereocenters. The highest BCUT2D eigenvalue weighted by molar-refractivity contribution is 5.97. The van der Waals surface area contributed by atoms with Crippen molar-refractivity contribution in [2.24, 2.45) is 7.05 Å². The molecule has 1 heterocycles. The Morgan fingerprint density at radius 1 is 1.42 bits per heavy atom. The summed E-state index contributed by atoms with van der Waals surface area (Å²) >= 11 is 0. The third-order valence-corrected chi connectivity index (χ3v) is 3.07. The van der Waals surface area contributed by atoms with Gasteiger partial charge < -0.3 is 11.1 Å². The summed E-state index contributed by atoms with van der Waals surface area (Å²) in [5.41, 5.74) is 8.63. The van der Waals surface area contributed by atoms with Gasteiger partial charge in [-0.25, -0.2) is 0 Å². The van der Waals surface area contributed by atoms with Gasteiger partial charge in [-0.2, -0.15) is 5.10 Å². The first-order chi connectivity index (χ1) is 8.99. The van der Waals surface area contributed by atoms with Crippen LogP contribution < -0.4 is 11.1 Å². The number of amides is 1. The minimum absolute atomic E-state index is 0.0879. The van der Waals surface area contributed by atoms with Gasteiger partial charge in [-0.1, -0.05) is 24.3 Å². The molecule has 1 aromatic heterocycles. The number of carbonyl (C=O) groups is 1. The summed E-state index contributed by atoms with van der Waals surface area (Å²) in [6.45, 7) is 3.96. The molecule has 2 rings (SSSR count). The number of anilines is 1. The van der Waals surface area contributed by atoms with Crippen LogP contribution in [-0.4, -0.2) is 15.7 Å². The van der Waals surface area contributed by atoms with Crippen molar-refractivity contribution < 1.29 is 4.79 Å². The number of rotatable bonds is 3. The van der Waals surface area contributed by atoms with Crippen molar-refractivity contribution in [3.05, 3.63) is 47.3 Å². The van der Waals surface area contributed by atoms with E-state index in [0.29, 0.717) is 5.69 Å². The van der Waals surface area contributed by atoms with E-state index < -0.39 is 0 Å². The maximum Gasteiger partial charge on any atom is 0.274 e. The number of hydrogen-bond donors (Lipinski definition) is 2. The molecule has 0 saturated carbocycles. The summed E-state index contributed by atoms with van der Waals surface area (Å²) in [4.78, 5) is 12.1. The van der Waals surface area contributed by atoms with Gasteiger partial charge in [-0.15, -0.1) is 0 Å². The van der Waals surface area contributed by atoms with Gasteiger partial charge >= 0.3 is 0 Å². The number of hydrogen-bond acceptors (Lipinski definition) is 3. The fourth-order valence-corrected chi connectivity index (χ4v) is 2.10. The maximum absolute atomic E-state index is 12.1. The molecule has 0 aliphatic heterocycles. The fourth-order valence-electron chi connectivity index (χ4n) is 2.10. The molecule has 0 fully saturated rings. The van der Waals surface area contributed by atoms with Gasteiger partial charge in [0.2, 0.25) is 0 Å². The van der Waals surface area contributed by atoms with Gasteiger partial charge in [0.05, 0.1) is 11.7 Å². The van der Waals surface area contributed by atoms with E-state index in [9.17, 15) is 4.79 Å². The van der Waals surface area contributed by atoms with Crippen molar-refractivity contribution in [3.63, 3.8) is 0 Å². The number of benzene rings is 1. The summed E-state index contributed by atoms with van der Waals surface area (Å²) < 4.78 is 1.53. The Morgan fingerprint density at radius 2 is 2.11 bits per heavy atom. The van der Waals surface area contributed by atoms with Gasteiger partial charge in [0.1, 0.15) is 0 Å². The number of aryl methyl sites for hydroxylation is 2. The molecular formula is C14H18N4O. The molecule has 2 aromatic rings. The summed E-state index contributed by atoms with van der Waals surface area (Å²) in [5.74, 6) is -0.256. The van der Waals surface area contributed by atoms with E-state index in [-0.39, 0.29) is 17.6 Å². The van der Waals surface area contributed by atoms with Gasteiger partial charge in [-0.05, 0) is 25.0 Å². The third-order valence-electron chi connectivity index (χ3n) is 3.07. The number of nitrogens with zero attached hydrogens (tertiary/aromatic N) is 2. The molecule has 0 saturated heterocycles. The second-order valence-electron chi connectivity index (χ2n) is 4.66. The Balaban J connectivity index is 2.15. The molecule has 0 aliphatic rings. The van der Waals surface area contributed by atoms with E-state index in [4.69, 9.17) is 5.73 Å². The number of nitrogens with one attached hydrogen (secondary N) is 1. The minimum Gasteiger partial charge on any atom is -0.396 e. The van der Waals surface area contributed by atoms with Gasteiger partial charge in [0.15, 0.2) is 5.69 Å². The van der Waals surface area contributed by atoms with Crippen molar-refractivity contribution in [1.29, 1.82) is 0 Å². The van der Waals surface area contributed by atoms with Crippen molar-refractivity contribution in [2.75, 3.05) is 5.73 Å². The first kappa shape index (κ1) is 13.1. The fraction of sp³-hybridized carbons (Fsp3) is 0.286. The zero-order chi connectivity index (χ0) is 14.0. The highest BCUT2D eigenvalue weighted by Gasteiger charge is 2.17. The van der Waals surface area contributed by atoms with E-state index in [1.807, 2.05) is 38.1 Å². The highest BCUT2D eigenvalue weighted by atomic mass is 16.2. The Hall–Kier alpha value is -2.30. The van der Waals surface area contributed by atoms with E-state index >= 15 is 0 Å². The average Bonchev–Trinajstić information content (AvgIpc) is 2.69. The van der Waals surface area contributed by atoms with Crippen molar-refractivity contribution in [2.45, 2.75) is 19.9 Å². The summed E-state index contributed by atoms with van der Waals surface area (Å²) in [6, 6.07) is 7.87. The molecule has 100 valence electrons. The standard InChI is InChI=1S/C14H18N4O/c1-9-6-4-5-7-11(9)10(2)16-14(19)13-12(15)8-18(3)17-13/h4-8,10H,15H2,1-3H3,(H,16,19). The van der Waals surface area contributed by atoms with Gasteiger partial charge in [0, 0.05) is 13.2 Å². The lowest BCUT2D eigenvalue weighted by Crippen LogP contribution is -2.28. The number of nitrogens with two attached hydrogens (primary N) is 1. The third kappa shape index (κ3) is 2.76. The molecule has 0 bridgehead atoms. The van der Waals surface area contributed by atoms with Crippen LogP contribution in [0.4, 0.5) is 5.69 Å². The van der Waals surface area contributed by atoms with E-state index in [0.717, 1.165) is 11.1 Å². The monoisotopic (exact) mass is 258 g/mol. The quantitative estimate of drug-likeness (QED) is 0.881. The largest absolute Gasteiger partial charge is 0.396 e. The van der Waals surface area contributed by atoms with Crippen molar-refractivity contribution in [3.8, 4) is 0 Å². The maximum atomic E-state index is 12.1. The van der Waals surface area contributed by atoms with Crippen LogP contribution >= 0.6 is 0 Å². The molecular weight excluding hydrogens is 240 g/mol. The predicted molar refractivity (Wildman–Crippen MR) is 74.7 cm³/mol. The SMILES string of the molecule is Cc1ccccc1C(C)NC(=O)c1nn(C)cc1N. The second kappa shape index (κ2) is 5.14. The molecule has 3 N–H and O–H groups in total. The molecule has 5 heteroatoms. The van der Waals surface area contributed by atoms with Crippen LogP contribution in [0.5, 0.6) is 0 Å². The van der Waals surface area contributed by atoms with Crippen LogP contribution in [0.2, 0.25) is 0 Å². The van der Waals surface area contributed by atoms with Gasteiger partial charge in [0.25, 0.3) is 5.91 Å². The molecule has 1 aromatic carbocycles. The highest BCUT2D eigenvalue weighted by Crippen LogP contribution is 2.18. The van der Waals surface area contributed by atoms with Crippen molar-refractivity contribution >= 4 is 11.6 Å². The van der Waals surface area contributed by atoms with E-state index in [2.05, 4.69) is 10.4 Å². The Bertz CT molecular complexity index is 603. The Kier molecular flexibility index (Phi) is 3.55. The molecule has 0 spiro atoms. The van der Waals surface area contributed by atoms with Gasteiger partial charge in [-0.3, -0.25) is 9.48 Å². The molecule has 0 aliphatic carbocycles. The summed E-state index contributed by atoms with van der Waals surface area (Å²) in [6.07, 6.45) is 1.62. The lowest BCUT2D eigenvalue weighted by molar-refractivity contribution is 0.0935. The summed E-state index contributed by atoms with van der Waals surface area (Å²) in [5, 5.41) is 6.97. The Labute approximate surface area is 112 Å². The molecule has 19 heavy (non-hydrogen) atoms. The molecule has 1 amide bonds. The lowest BCUT2D eigenvalue weighted by Gasteiger charge is -2.15. The van der Waals surface area contributed by atoms with Crippen LogP contribution in [0, 0.1) is 6.92 Å². The predicted octanol–water partition coefficient (Wildman–Crippen LogP) is 1.80. The van der Waals surface area contributed by atoms with Crippen LogP contribution in [0.1, 0.15) is 34.6 Å². The van der Waals surface area contributed by atoms with E-state index in [1.54, 1.807) is 13.2 Å². The number of nitrogen functional groups attached to an aromatic ring is 1. The first-order valence-electron chi connectivity index (χ1n) is 6.14. The second-order valence-corrected chi connectivity index (χ2v) is 4.66. The molecule has 0 radical (unpaired) electrons. The molecule has 5 nitrogen and oxygen atoms in total. The van der Waals surface area contributed by atoms with Crippen LogP contribution in [-0.2, 0) is 7.05 Å². The normalized spacial score (nSPS) is 12.2. The zero-order valence-electron chi connectivity index (χ0n) is 11.3. The zero-order valence-corrected chi connectivity index (χ0v) is 11.3.